The Bertz CT molecular complexity index is 156. The molecule has 0 unspecified atom stereocenters. The minimum Gasteiger partial charge on any atom is -0.287 e. The molecule has 0 N–H and O–H groups in total. The van der Waals surface area contributed by atoms with Gasteiger partial charge >= 0.3 is 0 Å². The molecule has 0 aromatic heterocycles. The molecule has 0 spiro atoms. The van der Waals surface area contributed by atoms with Crippen LogP contribution < -0.4 is 0 Å². The zero-order valence-electron chi connectivity index (χ0n) is 7.62. The van der Waals surface area contributed by atoms with E-state index in [0.29, 0.717) is 0 Å². The van der Waals surface area contributed by atoms with Crippen molar-refractivity contribution in [2.45, 2.75) is 13.8 Å². The molecule has 4 heteroatoms. The van der Waals surface area contributed by atoms with Gasteiger partial charge < -0.3 is 0 Å². The van der Waals surface area contributed by atoms with Crippen LogP contribution in [0.1, 0.15) is 13.8 Å². The Morgan fingerprint density at radius 2 is 1.25 bits per heavy atom. The standard InChI is InChI=1S/C8H16N2S2/c1-7(9-3-5-11)8(2)10-4-6-12/h11-12H,3-6H2,1-2H3. The summed E-state index contributed by atoms with van der Waals surface area (Å²) < 4.78 is 0. The number of nitrogens with zero attached hydrogens (tertiary/aromatic N) is 2. The number of thiol groups is 2. The second-order valence-electron chi connectivity index (χ2n) is 2.38. The fraction of sp³-hybridized carbons (Fsp3) is 0.750. The maximum Gasteiger partial charge on any atom is 0.0524 e. The molecule has 0 aromatic rings. The smallest absolute Gasteiger partial charge is 0.0524 e. The molecule has 70 valence electrons. The number of hydrogen-bond acceptors (Lipinski definition) is 4. The fourth-order valence-corrected chi connectivity index (χ4v) is 0.864. The van der Waals surface area contributed by atoms with Crippen molar-refractivity contribution in [3.05, 3.63) is 0 Å². The molecule has 0 rings (SSSR count). The van der Waals surface area contributed by atoms with E-state index in [9.17, 15) is 0 Å². The lowest BCUT2D eigenvalue weighted by Crippen LogP contribution is -2.08. The quantitative estimate of drug-likeness (QED) is 0.504. The summed E-state index contributed by atoms with van der Waals surface area (Å²) >= 11 is 8.15. The van der Waals surface area contributed by atoms with Gasteiger partial charge in [0.25, 0.3) is 0 Å². The molecule has 0 fully saturated rings. The second kappa shape index (κ2) is 7.68. The molecule has 0 bridgehead atoms. The summed E-state index contributed by atoms with van der Waals surface area (Å²) in [6.45, 7) is 5.48. The first-order chi connectivity index (χ1) is 5.72. The number of rotatable bonds is 5. The van der Waals surface area contributed by atoms with Gasteiger partial charge in [-0.05, 0) is 13.8 Å². The molecule has 12 heavy (non-hydrogen) atoms. The summed E-state index contributed by atoms with van der Waals surface area (Å²) in [5.74, 6) is 1.58. The Kier molecular flexibility index (Phi) is 7.70. The van der Waals surface area contributed by atoms with Crippen molar-refractivity contribution in [2.24, 2.45) is 9.98 Å². The predicted molar refractivity (Wildman–Crippen MR) is 63.7 cm³/mol. The molecule has 0 saturated heterocycles. The highest BCUT2D eigenvalue weighted by atomic mass is 32.1. The highest BCUT2D eigenvalue weighted by Crippen LogP contribution is 1.87. The van der Waals surface area contributed by atoms with Crippen molar-refractivity contribution < 1.29 is 0 Å². The van der Waals surface area contributed by atoms with Gasteiger partial charge in [0, 0.05) is 24.6 Å². The highest BCUT2D eigenvalue weighted by molar-refractivity contribution is 7.80. The van der Waals surface area contributed by atoms with E-state index in [1.165, 1.54) is 0 Å². The summed E-state index contributed by atoms with van der Waals surface area (Å²) in [4.78, 5) is 8.56. The average molecular weight is 204 g/mol. The van der Waals surface area contributed by atoms with Crippen LogP contribution in [0.15, 0.2) is 9.98 Å². The Morgan fingerprint density at radius 1 is 0.917 bits per heavy atom. The molecule has 0 heterocycles. The van der Waals surface area contributed by atoms with Gasteiger partial charge in [0.1, 0.15) is 0 Å². The van der Waals surface area contributed by atoms with E-state index in [-0.39, 0.29) is 0 Å². The van der Waals surface area contributed by atoms with Gasteiger partial charge in [0.15, 0.2) is 0 Å². The van der Waals surface area contributed by atoms with E-state index in [1.54, 1.807) is 0 Å². The number of hydrogen-bond donors (Lipinski definition) is 2. The first kappa shape index (κ1) is 12.0. The maximum absolute atomic E-state index is 4.28. The topological polar surface area (TPSA) is 24.7 Å². The maximum atomic E-state index is 4.28. The third kappa shape index (κ3) is 5.66. The van der Waals surface area contributed by atoms with E-state index < -0.39 is 0 Å². The molecular weight excluding hydrogens is 188 g/mol. The summed E-state index contributed by atoms with van der Waals surface area (Å²) in [7, 11) is 0. The van der Waals surface area contributed by atoms with Crippen molar-refractivity contribution in [1.29, 1.82) is 0 Å². The van der Waals surface area contributed by atoms with Gasteiger partial charge in [-0.3, -0.25) is 9.98 Å². The van der Waals surface area contributed by atoms with Crippen LogP contribution in [0.5, 0.6) is 0 Å². The highest BCUT2D eigenvalue weighted by Gasteiger charge is 1.94. The van der Waals surface area contributed by atoms with E-state index in [0.717, 1.165) is 36.0 Å². The van der Waals surface area contributed by atoms with Crippen LogP contribution in [-0.4, -0.2) is 36.0 Å². The molecular formula is C8H16N2S2. The zero-order chi connectivity index (χ0) is 9.40. The monoisotopic (exact) mass is 204 g/mol. The summed E-state index contributed by atoms with van der Waals surface area (Å²) in [6, 6.07) is 0. The molecule has 0 radical (unpaired) electrons. The van der Waals surface area contributed by atoms with Crippen molar-refractivity contribution in [1.82, 2.24) is 0 Å². The second-order valence-corrected chi connectivity index (χ2v) is 3.28. The summed E-state index contributed by atoms with van der Waals surface area (Å²) in [5, 5.41) is 0. The molecule has 0 aliphatic heterocycles. The zero-order valence-corrected chi connectivity index (χ0v) is 9.41. The lowest BCUT2D eigenvalue weighted by atomic mass is 10.3. The Hall–Kier alpha value is 0.0400. The first-order valence-electron chi connectivity index (χ1n) is 3.96. The van der Waals surface area contributed by atoms with Crippen LogP contribution in [0.2, 0.25) is 0 Å². The van der Waals surface area contributed by atoms with E-state index in [1.807, 2.05) is 13.8 Å². The van der Waals surface area contributed by atoms with E-state index >= 15 is 0 Å². The van der Waals surface area contributed by atoms with Crippen LogP contribution >= 0.6 is 25.3 Å². The summed E-state index contributed by atoms with van der Waals surface area (Å²) in [5.41, 5.74) is 2.01. The lowest BCUT2D eigenvalue weighted by Gasteiger charge is -1.98. The van der Waals surface area contributed by atoms with Gasteiger partial charge in [0.05, 0.1) is 11.4 Å². The predicted octanol–water partition coefficient (Wildman–Crippen LogP) is 1.77. The molecule has 0 amide bonds. The van der Waals surface area contributed by atoms with Gasteiger partial charge in [-0.2, -0.15) is 25.3 Å². The molecule has 0 saturated carbocycles. The molecule has 2 nitrogen and oxygen atoms in total. The Morgan fingerprint density at radius 3 is 1.50 bits per heavy atom. The SMILES string of the molecule is CC(=NCCS)C(C)=NCCS. The van der Waals surface area contributed by atoms with Gasteiger partial charge in [-0.1, -0.05) is 0 Å². The van der Waals surface area contributed by atoms with Crippen LogP contribution in [0.4, 0.5) is 0 Å². The molecule has 0 atom stereocenters. The van der Waals surface area contributed by atoms with Crippen molar-refractivity contribution in [2.75, 3.05) is 24.6 Å². The normalized spacial score (nSPS) is 13.7. The fourth-order valence-electron chi connectivity index (χ4n) is 0.664. The van der Waals surface area contributed by atoms with Crippen molar-refractivity contribution in [3.63, 3.8) is 0 Å². The number of aliphatic imine (C=N–C) groups is 2. The third-order valence-corrected chi connectivity index (χ3v) is 1.82. The Balaban J connectivity index is 3.98. The molecule has 0 aliphatic rings. The van der Waals surface area contributed by atoms with Crippen LogP contribution in [0.3, 0.4) is 0 Å². The van der Waals surface area contributed by atoms with Gasteiger partial charge in [-0.15, -0.1) is 0 Å². The third-order valence-electron chi connectivity index (χ3n) is 1.42. The average Bonchev–Trinajstić information content (AvgIpc) is 2.10. The minimum atomic E-state index is 0.767. The lowest BCUT2D eigenvalue weighted by molar-refractivity contribution is 1.13. The van der Waals surface area contributed by atoms with Crippen LogP contribution in [0, 0.1) is 0 Å². The van der Waals surface area contributed by atoms with Crippen LogP contribution in [-0.2, 0) is 0 Å². The van der Waals surface area contributed by atoms with Crippen molar-refractivity contribution >= 4 is 36.7 Å². The minimum absolute atomic E-state index is 0.767. The van der Waals surface area contributed by atoms with Crippen molar-refractivity contribution in [3.8, 4) is 0 Å². The van der Waals surface area contributed by atoms with E-state index in [4.69, 9.17) is 0 Å². The molecule has 0 aliphatic carbocycles. The van der Waals surface area contributed by atoms with Gasteiger partial charge in [-0.25, -0.2) is 0 Å². The van der Waals surface area contributed by atoms with Crippen LogP contribution in [0.25, 0.3) is 0 Å². The molecule has 0 aromatic carbocycles. The Labute approximate surface area is 85.4 Å². The van der Waals surface area contributed by atoms with Gasteiger partial charge in [0.2, 0.25) is 0 Å². The first-order valence-corrected chi connectivity index (χ1v) is 5.23. The van der Waals surface area contributed by atoms with E-state index in [2.05, 4.69) is 35.2 Å². The summed E-state index contributed by atoms with van der Waals surface area (Å²) in [6.07, 6.45) is 0. The largest absolute Gasteiger partial charge is 0.287 e.